The van der Waals surface area contributed by atoms with Crippen LogP contribution in [-0.2, 0) is 11.8 Å². The Morgan fingerprint density at radius 3 is 2.85 bits per heavy atom. The van der Waals surface area contributed by atoms with E-state index in [0.29, 0.717) is 12.4 Å². The van der Waals surface area contributed by atoms with E-state index in [4.69, 9.17) is 10.1 Å². The Kier molecular flexibility index (Phi) is 5.43. The highest BCUT2D eigenvalue weighted by Gasteiger charge is 2.13. The maximum atomic E-state index is 11.3. The number of hydrogen-bond donors (Lipinski definition) is 3. The molecule has 26 heavy (non-hydrogen) atoms. The number of aliphatic hydroxyl groups is 1. The monoisotopic (exact) mass is 371 g/mol. The highest BCUT2D eigenvalue weighted by molar-refractivity contribution is 7.98. The topological polar surface area (TPSA) is 92.1 Å². The van der Waals surface area contributed by atoms with Crippen molar-refractivity contribution >= 4 is 40.1 Å². The van der Waals surface area contributed by atoms with E-state index in [1.807, 2.05) is 42.3 Å². The molecule has 3 rings (SSSR count). The highest BCUT2D eigenvalue weighted by Crippen LogP contribution is 2.33. The lowest BCUT2D eigenvalue weighted by Crippen LogP contribution is -2.07. The summed E-state index contributed by atoms with van der Waals surface area (Å²) in [7, 11) is 1.95. The normalized spacial score (nSPS) is 10.9. The van der Waals surface area contributed by atoms with Crippen LogP contribution in [0.3, 0.4) is 0 Å². The van der Waals surface area contributed by atoms with Crippen molar-refractivity contribution in [2.24, 2.45) is 7.05 Å². The molecule has 3 heterocycles. The third kappa shape index (κ3) is 3.81. The number of nitrogens with zero attached hydrogens (tertiary/aromatic N) is 3. The number of nitrogens with one attached hydrogen (secondary N) is 2. The number of anilines is 2. The number of carbonyl (C=O) groups is 1. The lowest BCUT2D eigenvalue weighted by atomic mass is 10.1. The van der Waals surface area contributed by atoms with Crippen LogP contribution in [0.2, 0.25) is 0 Å². The van der Waals surface area contributed by atoms with Gasteiger partial charge in [0.1, 0.15) is 5.82 Å². The lowest BCUT2D eigenvalue weighted by Gasteiger charge is -2.09. The molecule has 0 fully saturated rings. The Hall–Kier alpha value is -2.58. The van der Waals surface area contributed by atoms with E-state index in [9.17, 15) is 4.79 Å². The number of aryl methyl sites for hydroxylation is 1. The molecule has 0 saturated heterocycles. The van der Waals surface area contributed by atoms with E-state index < -0.39 is 0 Å². The van der Waals surface area contributed by atoms with Crippen molar-refractivity contribution in [2.45, 2.75) is 11.9 Å². The van der Waals surface area contributed by atoms with Crippen LogP contribution in [0.5, 0.6) is 0 Å². The second-order valence-electron chi connectivity index (χ2n) is 5.86. The Bertz CT molecular complexity index is 954. The summed E-state index contributed by atoms with van der Waals surface area (Å²) in [6.07, 6.45) is 5.73. The van der Waals surface area contributed by atoms with E-state index in [0.717, 1.165) is 32.9 Å². The molecule has 0 bridgehead atoms. The lowest BCUT2D eigenvalue weighted by molar-refractivity contribution is -0.114. The molecule has 0 aromatic carbocycles. The van der Waals surface area contributed by atoms with Gasteiger partial charge in [0.15, 0.2) is 0 Å². The predicted molar refractivity (Wildman–Crippen MR) is 106 cm³/mol. The maximum Gasteiger partial charge on any atom is 0.222 e. The quantitative estimate of drug-likeness (QED) is 0.577. The first-order chi connectivity index (χ1) is 12.5. The van der Waals surface area contributed by atoms with Crippen molar-refractivity contribution in [1.82, 2.24) is 14.5 Å². The minimum atomic E-state index is -0.160. The Labute approximate surface area is 155 Å². The summed E-state index contributed by atoms with van der Waals surface area (Å²) in [5, 5.41) is 16.8. The molecule has 0 aliphatic heterocycles. The number of aliphatic hydroxyl groups excluding tert-OH is 1. The maximum absolute atomic E-state index is 11.3. The summed E-state index contributed by atoms with van der Waals surface area (Å²) in [6.45, 7) is 2.00. The minimum Gasteiger partial charge on any atom is -0.395 e. The molecule has 0 aliphatic rings. The van der Waals surface area contributed by atoms with Crippen LogP contribution in [0.25, 0.3) is 22.2 Å². The molecular formula is C18H21N5O2S. The molecule has 7 nitrogen and oxygen atoms in total. The third-order valence-corrected chi connectivity index (χ3v) is 4.54. The van der Waals surface area contributed by atoms with Crippen LogP contribution in [0, 0.1) is 0 Å². The standard InChI is InChI=1S/C18H21N5O2S/c1-11(25)21-17-8-13-14(10-23(2)16(13)9-20-17)15-6-12(19-4-5-24)7-18(22-15)26-3/h6-10,24H,4-5H2,1-3H3,(H,19,22)(H,20,21,25). The Balaban J connectivity index is 2.13. The van der Waals surface area contributed by atoms with Crippen LogP contribution in [0.4, 0.5) is 11.5 Å². The molecule has 0 aliphatic carbocycles. The van der Waals surface area contributed by atoms with Crippen molar-refractivity contribution < 1.29 is 9.90 Å². The van der Waals surface area contributed by atoms with Gasteiger partial charge in [-0.2, -0.15) is 0 Å². The zero-order valence-corrected chi connectivity index (χ0v) is 15.7. The van der Waals surface area contributed by atoms with Gasteiger partial charge in [-0.05, 0) is 24.5 Å². The summed E-state index contributed by atoms with van der Waals surface area (Å²) in [6, 6.07) is 5.78. The number of rotatable bonds is 6. The third-order valence-electron chi connectivity index (χ3n) is 3.91. The first-order valence-corrected chi connectivity index (χ1v) is 9.38. The molecule has 0 saturated carbocycles. The van der Waals surface area contributed by atoms with Crippen molar-refractivity contribution in [3.8, 4) is 11.3 Å². The summed E-state index contributed by atoms with van der Waals surface area (Å²) in [5.41, 5.74) is 3.64. The number of carbonyl (C=O) groups excluding carboxylic acids is 1. The predicted octanol–water partition coefficient (Wildman–Crippen LogP) is 2.72. The van der Waals surface area contributed by atoms with Gasteiger partial charge in [0.25, 0.3) is 0 Å². The van der Waals surface area contributed by atoms with E-state index in [-0.39, 0.29) is 12.5 Å². The van der Waals surface area contributed by atoms with Gasteiger partial charge in [-0.1, -0.05) is 0 Å². The summed E-state index contributed by atoms with van der Waals surface area (Å²) in [5.74, 6) is 0.351. The number of thioether (sulfide) groups is 1. The fourth-order valence-electron chi connectivity index (χ4n) is 2.78. The average molecular weight is 371 g/mol. The van der Waals surface area contributed by atoms with Crippen LogP contribution in [0.15, 0.2) is 35.6 Å². The van der Waals surface area contributed by atoms with Crippen molar-refractivity contribution in [2.75, 3.05) is 30.0 Å². The molecule has 136 valence electrons. The summed E-state index contributed by atoms with van der Waals surface area (Å²) < 4.78 is 1.99. The Morgan fingerprint density at radius 1 is 1.35 bits per heavy atom. The molecule has 1 amide bonds. The average Bonchev–Trinajstić information content (AvgIpc) is 2.95. The molecule has 0 unspecified atom stereocenters. The Morgan fingerprint density at radius 2 is 2.15 bits per heavy atom. The first kappa shape index (κ1) is 18.2. The van der Waals surface area contributed by atoms with Crippen molar-refractivity contribution in [3.63, 3.8) is 0 Å². The van der Waals surface area contributed by atoms with E-state index in [1.165, 1.54) is 6.92 Å². The SMILES string of the molecule is CSc1cc(NCCO)cc(-c2cn(C)c3cnc(NC(C)=O)cc23)n1. The van der Waals surface area contributed by atoms with Gasteiger partial charge in [0.05, 0.1) is 29.0 Å². The van der Waals surface area contributed by atoms with Gasteiger partial charge < -0.3 is 20.3 Å². The molecule has 0 spiro atoms. The molecule has 0 atom stereocenters. The first-order valence-electron chi connectivity index (χ1n) is 8.15. The van der Waals surface area contributed by atoms with E-state index >= 15 is 0 Å². The summed E-state index contributed by atoms with van der Waals surface area (Å²) in [4.78, 5) is 20.4. The largest absolute Gasteiger partial charge is 0.395 e. The van der Waals surface area contributed by atoms with Gasteiger partial charge in [0, 0.05) is 43.4 Å². The van der Waals surface area contributed by atoms with Gasteiger partial charge in [0.2, 0.25) is 5.91 Å². The molecular weight excluding hydrogens is 350 g/mol. The van der Waals surface area contributed by atoms with Crippen molar-refractivity contribution in [3.05, 3.63) is 30.6 Å². The van der Waals surface area contributed by atoms with E-state index in [2.05, 4.69) is 15.6 Å². The highest BCUT2D eigenvalue weighted by atomic mass is 32.2. The second-order valence-corrected chi connectivity index (χ2v) is 6.68. The number of fused-ring (bicyclic) bond motifs is 1. The van der Waals surface area contributed by atoms with Crippen LogP contribution in [0.1, 0.15) is 6.92 Å². The minimum absolute atomic E-state index is 0.0618. The zero-order chi connectivity index (χ0) is 18.7. The van der Waals surface area contributed by atoms with Gasteiger partial charge in [-0.3, -0.25) is 4.79 Å². The van der Waals surface area contributed by atoms with Gasteiger partial charge in [-0.15, -0.1) is 11.8 Å². The number of amides is 1. The number of hydrogen-bond acceptors (Lipinski definition) is 6. The fraction of sp³-hybridized carbons (Fsp3) is 0.278. The van der Waals surface area contributed by atoms with Crippen LogP contribution >= 0.6 is 11.8 Å². The summed E-state index contributed by atoms with van der Waals surface area (Å²) >= 11 is 1.56. The second kappa shape index (κ2) is 7.76. The molecule has 8 heteroatoms. The van der Waals surface area contributed by atoms with Crippen LogP contribution < -0.4 is 10.6 Å². The van der Waals surface area contributed by atoms with E-state index in [1.54, 1.807) is 18.0 Å². The zero-order valence-electron chi connectivity index (χ0n) is 14.9. The molecule has 3 aromatic heterocycles. The fourth-order valence-corrected chi connectivity index (χ4v) is 3.22. The van der Waals surface area contributed by atoms with Gasteiger partial charge in [-0.25, -0.2) is 9.97 Å². The van der Waals surface area contributed by atoms with Gasteiger partial charge >= 0.3 is 0 Å². The number of aromatic nitrogens is 3. The van der Waals surface area contributed by atoms with Crippen LogP contribution in [-0.4, -0.2) is 45.0 Å². The van der Waals surface area contributed by atoms with Crippen molar-refractivity contribution in [1.29, 1.82) is 0 Å². The molecule has 0 radical (unpaired) electrons. The number of pyridine rings is 2. The molecule has 3 N–H and O–H groups in total. The molecule has 3 aromatic rings. The smallest absolute Gasteiger partial charge is 0.222 e.